The molecular formula is C21H22N4O. The molecule has 0 fully saturated rings. The van der Waals surface area contributed by atoms with Crippen LogP contribution in [-0.2, 0) is 13.1 Å². The molecule has 0 saturated carbocycles. The molecule has 26 heavy (non-hydrogen) atoms. The van der Waals surface area contributed by atoms with E-state index in [2.05, 4.69) is 45.7 Å². The van der Waals surface area contributed by atoms with Crippen molar-refractivity contribution in [2.75, 3.05) is 5.32 Å². The number of nitrogens with one attached hydrogen (secondary N) is 2. The lowest BCUT2D eigenvalue weighted by Crippen LogP contribution is -2.24. The number of carbonyl (C=O) groups excluding carboxylic acids is 1. The summed E-state index contributed by atoms with van der Waals surface area (Å²) in [5, 5.41) is 6.14. The summed E-state index contributed by atoms with van der Waals surface area (Å²) in [6, 6.07) is 17.9. The Morgan fingerprint density at radius 1 is 0.962 bits per heavy atom. The number of benzene rings is 2. The molecule has 0 radical (unpaired) electrons. The minimum absolute atomic E-state index is 0.215. The van der Waals surface area contributed by atoms with Gasteiger partial charge in [0.1, 0.15) is 17.8 Å². The Kier molecular flexibility index (Phi) is 5.59. The van der Waals surface area contributed by atoms with Crippen molar-refractivity contribution < 1.29 is 4.79 Å². The van der Waals surface area contributed by atoms with Gasteiger partial charge in [0.15, 0.2) is 0 Å². The number of aryl methyl sites for hydroxylation is 2. The van der Waals surface area contributed by atoms with Crippen LogP contribution in [0, 0.1) is 13.8 Å². The van der Waals surface area contributed by atoms with Gasteiger partial charge >= 0.3 is 0 Å². The van der Waals surface area contributed by atoms with Crippen LogP contribution < -0.4 is 10.6 Å². The predicted molar refractivity (Wildman–Crippen MR) is 103 cm³/mol. The second-order valence-electron chi connectivity index (χ2n) is 6.24. The molecule has 132 valence electrons. The maximum Gasteiger partial charge on any atom is 0.270 e. The van der Waals surface area contributed by atoms with Crippen LogP contribution in [-0.4, -0.2) is 15.9 Å². The van der Waals surface area contributed by atoms with Gasteiger partial charge in [-0.25, -0.2) is 9.97 Å². The maximum atomic E-state index is 12.4. The first-order chi connectivity index (χ1) is 12.6. The quantitative estimate of drug-likeness (QED) is 0.715. The second kappa shape index (κ2) is 8.25. The second-order valence-corrected chi connectivity index (χ2v) is 6.24. The zero-order valence-corrected chi connectivity index (χ0v) is 15.0. The first kappa shape index (κ1) is 17.6. The van der Waals surface area contributed by atoms with Crippen LogP contribution in [0.3, 0.4) is 0 Å². The molecule has 3 aromatic rings. The van der Waals surface area contributed by atoms with Crippen LogP contribution in [0.5, 0.6) is 0 Å². The highest BCUT2D eigenvalue weighted by Crippen LogP contribution is 2.11. The summed E-state index contributed by atoms with van der Waals surface area (Å²) >= 11 is 0. The largest absolute Gasteiger partial charge is 0.366 e. The highest BCUT2D eigenvalue weighted by Gasteiger charge is 2.09. The van der Waals surface area contributed by atoms with Crippen molar-refractivity contribution in [3.8, 4) is 0 Å². The van der Waals surface area contributed by atoms with Gasteiger partial charge in [0.2, 0.25) is 0 Å². The highest BCUT2D eigenvalue weighted by atomic mass is 16.1. The van der Waals surface area contributed by atoms with Crippen molar-refractivity contribution in [2.24, 2.45) is 0 Å². The Hall–Kier alpha value is -3.21. The van der Waals surface area contributed by atoms with Gasteiger partial charge in [-0.15, -0.1) is 0 Å². The van der Waals surface area contributed by atoms with E-state index >= 15 is 0 Å². The highest BCUT2D eigenvalue weighted by molar-refractivity contribution is 5.92. The number of hydrogen-bond donors (Lipinski definition) is 2. The molecule has 5 heteroatoms. The monoisotopic (exact) mass is 346 g/mol. The molecule has 1 aromatic heterocycles. The molecule has 1 amide bonds. The average molecular weight is 346 g/mol. The number of anilines is 1. The fourth-order valence-electron chi connectivity index (χ4n) is 2.67. The number of rotatable bonds is 6. The lowest BCUT2D eigenvalue weighted by Gasteiger charge is -2.09. The lowest BCUT2D eigenvalue weighted by molar-refractivity contribution is 0.0946. The van der Waals surface area contributed by atoms with Crippen molar-refractivity contribution in [3.05, 3.63) is 88.9 Å². The molecule has 0 saturated heterocycles. The maximum absolute atomic E-state index is 12.4. The number of amides is 1. The normalized spacial score (nSPS) is 10.4. The third-order valence-electron chi connectivity index (χ3n) is 4.16. The smallest absolute Gasteiger partial charge is 0.270 e. The Balaban J connectivity index is 1.61. The number of carbonyl (C=O) groups is 1. The molecule has 0 spiro atoms. The molecular weight excluding hydrogens is 324 g/mol. The van der Waals surface area contributed by atoms with E-state index in [1.54, 1.807) is 6.07 Å². The van der Waals surface area contributed by atoms with Crippen LogP contribution in [0.15, 0.2) is 60.9 Å². The van der Waals surface area contributed by atoms with E-state index in [1.807, 2.05) is 37.3 Å². The molecule has 2 aromatic carbocycles. The van der Waals surface area contributed by atoms with Gasteiger partial charge in [-0.05, 0) is 30.5 Å². The van der Waals surface area contributed by atoms with Gasteiger partial charge in [-0.2, -0.15) is 0 Å². The Bertz CT molecular complexity index is 908. The third-order valence-corrected chi connectivity index (χ3v) is 4.16. The van der Waals surface area contributed by atoms with Crippen molar-refractivity contribution in [1.29, 1.82) is 0 Å². The average Bonchev–Trinajstić information content (AvgIpc) is 2.66. The summed E-state index contributed by atoms with van der Waals surface area (Å²) in [4.78, 5) is 20.6. The minimum Gasteiger partial charge on any atom is -0.366 e. The Morgan fingerprint density at radius 2 is 1.81 bits per heavy atom. The first-order valence-corrected chi connectivity index (χ1v) is 8.56. The molecule has 3 rings (SSSR count). The minimum atomic E-state index is -0.215. The van der Waals surface area contributed by atoms with Gasteiger partial charge in [-0.1, -0.05) is 54.1 Å². The van der Waals surface area contributed by atoms with Gasteiger partial charge in [-0.3, -0.25) is 4.79 Å². The van der Waals surface area contributed by atoms with Gasteiger partial charge in [0.05, 0.1) is 0 Å². The third kappa shape index (κ3) is 4.66. The predicted octanol–water partition coefficient (Wildman–Crippen LogP) is 3.64. The van der Waals surface area contributed by atoms with E-state index in [1.165, 1.54) is 23.0 Å². The van der Waals surface area contributed by atoms with Crippen LogP contribution >= 0.6 is 0 Å². The molecule has 0 aliphatic rings. The molecule has 0 unspecified atom stereocenters. The Labute approximate surface area is 153 Å². The van der Waals surface area contributed by atoms with Gasteiger partial charge in [0, 0.05) is 19.2 Å². The van der Waals surface area contributed by atoms with E-state index < -0.39 is 0 Å². The topological polar surface area (TPSA) is 66.9 Å². The SMILES string of the molecule is Cc1cccc(CNC(=O)c2cc(NCc3ccccc3C)ncn2)c1. The molecule has 0 aliphatic heterocycles. The van der Waals surface area contributed by atoms with E-state index in [-0.39, 0.29) is 5.91 Å². The van der Waals surface area contributed by atoms with Crippen LogP contribution in [0.4, 0.5) is 5.82 Å². The molecule has 0 atom stereocenters. The zero-order valence-electron chi connectivity index (χ0n) is 15.0. The van der Waals surface area contributed by atoms with Crippen molar-refractivity contribution in [2.45, 2.75) is 26.9 Å². The molecule has 1 heterocycles. The number of nitrogens with zero attached hydrogens (tertiary/aromatic N) is 2. The van der Waals surface area contributed by atoms with E-state index in [4.69, 9.17) is 0 Å². The standard InChI is InChI=1S/C21H22N4O/c1-15-6-5-8-17(10-15)12-23-21(26)19-11-20(25-14-24-19)22-13-18-9-4-3-7-16(18)2/h3-11,14H,12-13H2,1-2H3,(H,23,26)(H,22,24,25). The fourth-order valence-corrected chi connectivity index (χ4v) is 2.67. The van der Waals surface area contributed by atoms with Crippen molar-refractivity contribution in [1.82, 2.24) is 15.3 Å². The van der Waals surface area contributed by atoms with Crippen LogP contribution in [0.2, 0.25) is 0 Å². The lowest BCUT2D eigenvalue weighted by atomic mass is 10.1. The summed E-state index contributed by atoms with van der Waals surface area (Å²) in [5.41, 5.74) is 4.98. The van der Waals surface area contributed by atoms with Gasteiger partial charge < -0.3 is 10.6 Å². The van der Waals surface area contributed by atoms with E-state index in [9.17, 15) is 4.79 Å². The first-order valence-electron chi connectivity index (χ1n) is 8.56. The Morgan fingerprint density at radius 3 is 2.62 bits per heavy atom. The summed E-state index contributed by atoms with van der Waals surface area (Å²) in [6.45, 7) is 5.22. The van der Waals surface area contributed by atoms with Crippen molar-refractivity contribution in [3.63, 3.8) is 0 Å². The van der Waals surface area contributed by atoms with Crippen LogP contribution in [0.1, 0.15) is 32.7 Å². The van der Waals surface area contributed by atoms with Crippen molar-refractivity contribution >= 4 is 11.7 Å². The van der Waals surface area contributed by atoms with E-state index in [0.717, 1.165) is 5.56 Å². The number of aromatic nitrogens is 2. The summed E-state index contributed by atoms with van der Waals surface area (Å²) < 4.78 is 0. The van der Waals surface area contributed by atoms with Gasteiger partial charge in [0.25, 0.3) is 5.91 Å². The summed E-state index contributed by atoms with van der Waals surface area (Å²) in [5.74, 6) is 0.414. The van der Waals surface area contributed by atoms with Crippen LogP contribution in [0.25, 0.3) is 0 Å². The molecule has 2 N–H and O–H groups in total. The fraction of sp³-hybridized carbons (Fsp3) is 0.190. The molecule has 0 bridgehead atoms. The summed E-state index contributed by atoms with van der Waals surface area (Å²) in [7, 11) is 0. The molecule has 5 nitrogen and oxygen atoms in total. The number of hydrogen-bond acceptors (Lipinski definition) is 4. The van der Waals surface area contributed by atoms with E-state index in [0.29, 0.717) is 24.6 Å². The summed E-state index contributed by atoms with van der Waals surface area (Å²) in [6.07, 6.45) is 1.40. The zero-order chi connectivity index (χ0) is 18.4. The molecule has 0 aliphatic carbocycles.